The van der Waals surface area contributed by atoms with E-state index < -0.39 is 5.79 Å². The second kappa shape index (κ2) is 4.37. The fourth-order valence-electron chi connectivity index (χ4n) is 3.91. The van der Waals surface area contributed by atoms with Crippen molar-refractivity contribution in [1.29, 1.82) is 0 Å². The van der Waals surface area contributed by atoms with Crippen LogP contribution in [0.4, 0.5) is 0 Å². The Morgan fingerprint density at radius 2 is 2.00 bits per heavy atom. The van der Waals surface area contributed by atoms with E-state index in [4.69, 9.17) is 14.3 Å². The van der Waals surface area contributed by atoms with E-state index in [1.165, 1.54) is 0 Å². The van der Waals surface area contributed by atoms with Gasteiger partial charge in [0, 0.05) is 12.6 Å². The summed E-state index contributed by atoms with van der Waals surface area (Å²) in [6.45, 7) is 4.90. The number of ether oxygens (including phenoxy) is 2. The molecule has 0 aromatic carbocycles. The third-order valence-electron chi connectivity index (χ3n) is 5.09. The highest BCUT2D eigenvalue weighted by atomic mass is 16.8. The molecule has 0 amide bonds. The minimum atomic E-state index is -0.880. The average molecular weight is 279 g/mol. The molecule has 1 aliphatic carbocycles. The fraction of sp³-hybridized carbons (Fsp3) is 0.800. The van der Waals surface area contributed by atoms with Crippen molar-refractivity contribution in [1.82, 2.24) is 5.06 Å². The Morgan fingerprint density at radius 3 is 2.75 bits per heavy atom. The minimum absolute atomic E-state index is 0.00901. The average Bonchev–Trinajstić information content (AvgIpc) is 2.95. The first-order valence-electron chi connectivity index (χ1n) is 7.63. The molecule has 3 heterocycles. The Hall–Kier alpha value is -0.750. The lowest BCUT2D eigenvalue weighted by molar-refractivity contribution is -0.266. The predicted octanol–water partition coefficient (Wildman–Crippen LogP) is 1.43. The first-order chi connectivity index (χ1) is 9.61. The quantitative estimate of drug-likeness (QED) is 0.671. The molecule has 0 aromatic heterocycles. The number of piperidine rings is 1. The Balaban J connectivity index is 1.70. The molecule has 2 unspecified atom stereocenters. The number of carbonyl (C=O) groups is 1. The van der Waals surface area contributed by atoms with E-state index in [2.05, 4.69) is 0 Å². The van der Waals surface area contributed by atoms with Crippen molar-refractivity contribution in [3.8, 4) is 0 Å². The number of allylic oxidation sites excluding steroid dienone is 1. The largest absolute Gasteiger partial charge is 0.338 e. The number of hydrogen-bond acceptors (Lipinski definition) is 5. The predicted molar refractivity (Wildman–Crippen MR) is 70.7 cm³/mol. The zero-order valence-electron chi connectivity index (χ0n) is 12.0. The topological polar surface area (TPSA) is 48.0 Å². The van der Waals surface area contributed by atoms with Gasteiger partial charge in [-0.3, -0.25) is 9.63 Å². The molecule has 5 nitrogen and oxygen atoms in total. The van der Waals surface area contributed by atoms with Gasteiger partial charge in [-0.15, -0.1) is 0 Å². The first kappa shape index (κ1) is 13.0. The van der Waals surface area contributed by atoms with Gasteiger partial charge in [0.1, 0.15) is 6.10 Å². The van der Waals surface area contributed by atoms with Crippen molar-refractivity contribution in [3.63, 3.8) is 0 Å². The SMILES string of the molecule is CC1OC2(C=CC(=O)[C@@H]3[C@H]4CCCCN4O[C@@H]32)OC1C. The maximum Gasteiger partial charge on any atom is 0.218 e. The van der Waals surface area contributed by atoms with Gasteiger partial charge in [-0.2, -0.15) is 5.06 Å². The second-order valence-electron chi connectivity index (χ2n) is 6.36. The first-order valence-corrected chi connectivity index (χ1v) is 7.63. The molecule has 1 spiro atoms. The van der Waals surface area contributed by atoms with E-state index >= 15 is 0 Å². The van der Waals surface area contributed by atoms with Gasteiger partial charge in [0.2, 0.25) is 5.79 Å². The maximum atomic E-state index is 12.3. The third kappa shape index (κ3) is 1.67. The van der Waals surface area contributed by atoms with Crippen LogP contribution >= 0.6 is 0 Å². The number of nitrogens with zero attached hydrogens (tertiary/aromatic N) is 1. The smallest absolute Gasteiger partial charge is 0.218 e. The molecule has 0 bridgehead atoms. The highest BCUT2D eigenvalue weighted by Crippen LogP contribution is 2.47. The molecule has 4 rings (SSSR count). The van der Waals surface area contributed by atoms with Crippen molar-refractivity contribution in [2.75, 3.05) is 6.54 Å². The molecule has 5 heteroatoms. The summed E-state index contributed by atoms with van der Waals surface area (Å²) in [6, 6.07) is 0.182. The Labute approximate surface area is 118 Å². The number of fused-ring (bicyclic) bond motifs is 4. The van der Waals surface area contributed by atoms with Crippen LogP contribution in [-0.2, 0) is 19.1 Å². The number of ketones is 1. The molecule has 3 fully saturated rings. The Morgan fingerprint density at radius 1 is 1.25 bits per heavy atom. The van der Waals surface area contributed by atoms with E-state index in [1.807, 2.05) is 18.9 Å². The molecule has 0 N–H and O–H groups in total. The van der Waals surface area contributed by atoms with E-state index in [9.17, 15) is 4.79 Å². The maximum absolute atomic E-state index is 12.3. The van der Waals surface area contributed by atoms with Crippen molar-refractivity contribution < 1.29 is 19.1 Å². The number of rotatable bonds is 0. The molecular formula is C15H21NO4. The molecular weight excluding hydrogens is 258 g/mol. The van der Waals surface area contributed by atoms with Crippen LogP contribution < -0.4 is 0 Å². The van der Waals surface area contributed by atoms with Gasteiger partial charge < -0.3 is 9.47 Å². The lowest BCUT2D eigenvalue weighted by Crippen LogP contribution is -2.51. The van der Waals surface area contributed by atoms with Crippen LogP contribution in [0.3, 0.4) is 0 Å². The molecule has 3 saturated heterocycles. The summed E-state index contributed by atoms with van der Waals surface area (Å²) in [6.07, 6.45) is 6.37. The Bertz CT molecular complexity index is 453. The molecule has 4 aliphatic rings. The zero-order valence-corrected chi connectivity index (χ0v) is 12.0. The number of hydroxylamine groups is 2. The van der Waals surface area contributed by atoms with E-state index in [-0.39, 0.29) is 36.1 Å². The van der Waals surface area contributed by atoms with Crippen LogP contribution in [0.15, 0.2) is 12.2 Å². The van der Waals surface area contributed by atoms with Gasteiger partial charge in [-0.1, -0.05) is 6.42 Å². The number of carbonyl (C=O) groups excluding carboxylic acids is 1. The van der Waals surface area contributed by atoms with E-state index in [1.54, 1.807) is 12.2 Å². The second-order valence-corrected chi connectivity index (χ2v) is 6.36. The van der Waals surface area contributed by atoms with Crippen molar-refractivity contribution >= 4 is 5.78 Å². The fourth-order valence-corrected chi connectivity index (χ4v) is 3.91. The van der Waals surface area contributed by atoms with Crippen molar-refractivity contribution in [2.24, 2.45) is 5.92 Å². The van der Waals surface area contributed by atoms with Gasteiger partial charge >= 0.3 is 0 Å². The molecule has 0 aromatic rings. The summed E-state index contributed by atoms with van der Waals surface area (Å²) in [5.74, 6) is -0.887. The van der Waals surface area contributed by atoms with Gasteiger partial charge in [0.15, 0.2) is 5.78 Å². The van der Waals surface area contributed by atoms with Gasteiger partial charge in [0.25, 0.3) is 0 Å². The minimum Gasteiger partial charge on any atom is -0.338 e. The highest BCUT2D eigenvalue weighted by Gasteiger charge is 2.62. The van der Waals surface area contributed by atoms with Crippen LogP contribution in [0.5, 0.6) is 0 Å². The monoisotopic (exact) mass is 279 g/mol. The molecule has 20 heavy (non-hydrogen) atoms. The zero-order chi connectivity index (χ0) is 13.9. The molecule has 110 valence electrons. The summed E-state index contributed by atoms with van der Waals surface area (Å²) >= 11 is 0. The number of hydrogen-bond donors (Lipinski definition) is 0. The molecule has 3 aliphatic heterocycles. The van der Waals surface area contributed by atoms with Crippen LogP contribution in [0, 0.1) is 5.92 Å². The normalized spacial score (nSPS) is 51.5. The standard InChI is InChI=1S/C15H21NO4/c1-9-10(2)19-15(18-9)7-6-12(17)13-11-5-3-4-8-16(11)20-14(13)15/h6-7,9-11,13-14H,3-5,8H2,1-2H3/t9?,10?,11-,13+,14+,15?/m1/s1. The highest BCUT2D eigenvalue weighted by molar-refractivity contribution is 5.94. The summed E-state index contributed by atoms with van der Waals surface area (Å²) in [5, 5.41) is 1.99. The van der Waals surface area contributed by atoms with Crippen LogP contribution in [0.2, 0.25) is 0 Å². The van der Waals surface area contributed by atoms with Crippen molar-refractivity contribution in [3.05, 3.63) is 12.2 Å². The van der Waals surface area contributed by atoms with Crippen LogP contribution in [0.25, 0.3) is 0 Å². The van der Waals surface area contributed by atoms with Crippen LogP contribution in [0.1, 0.15) is 33.1 Å². The van der Waals surface area contributed by atoms with E-state index in [0.717, 1.165) is 25.8 Å². The summed E-state index contributed by atoms with van der Waals surface area (Å²) in [4.78, 5) is 18.4. The summed E-state index contributed by atoms with van der Waals surface area (Å²) in [5.41, 5.74) is 0. The van der Waals surface area contributed by atoms with Gasteiger partial charge in [-0.25, -0.2) is 0 Å². The van der Waals surface area contributed by atoms with Gasteiger partial charge in [0.05, 0.1) is 18.1 Å². The summed E-state index contributed by atoms with van der Waals surface area (Å²) in [7, 11) is 0. The molecule has 5 atom stereocenters. The van der Waals surface area contributed by atoms with Crippen molar-refractivity contribution in [2.45, 2.75) is 63.3 Å². The summed E-state index contributed by atoms with van der Waals surface area (Å²) < 4.78 is 12.1. The lowest BCUT2D eigenvalue weighted by Gasteiger charge is -2.35. The third-order valence-corrected chi connectivity index (χ3v) is 5.09. The molecule has 0 radical (unpaired) electrons. The lowest BCUT2D eigenvalue weighted by atomic mass is 9.79. The van der Waals surface area contributed by atoms with E-state index in [0.29, 0.717) is 0 Å². The van der Waals surface area contributed by atoms with Crippen LogP contribution in [-0.4, -0.2) is 47.5 Å². The molecule has 0 saturated carbocycles. The Kier molecular flexibility index (Phi) is 2.83. The van der Waals surface area contributed by atoms with Gasteiger partial charge in [-0.05, 0) is 38.8 Å².